The third-order valence-electron chi connectivity index (χ3n) is 5.30. The molecule has 2 nitrogen and oxygen atoms in total. The number of benzene rings is 4. The Kier molecular flexibility index (Phi) is 4.15. The molecule has 0 atom stereocenters. The molecule has 0 radical (unpaired) electrons. The van der Waals surface area contributed by atoms with Crippen LogP contribution < -0.4 is 5.32 Å². The Morgan fingerprint density at radius 2 is 1.26 bits per heavy atom. The van der Waals surface area contributed by atoms with E-state index in [-0.39, 0.29) is 5.91 Å². The predicted octanol–water partition coefficient (Wildman–Crippen LogP) is 6.69. The van der Waals surface area contributed by atoms with Crippen LogP contribution in [0, 0.1) is 5.41 Å². The van der Waals surface area contributed by atoms with Gasteiger partial charge in [-0.1, -0.05) is 88.4 Å². The number of carbonyl (C=O) groups is 1. The van der Waals surface area contributed by atoms with E-state index in [1.807, 2.05) is 20.8 Å². The summed E-state index contributed by atoms with van der Waals surface area (Å²) < 4.78 is 0. The van der Waals surface area contributed by atoms with Crippen molar-refractivity contribution in [2.75, 3.05) is 5.32 Å². The Morgan fingerprint density at radius 3 is 1.78 bits per heavy atom. The van der Waals surface area contributed by atoms with Gasteiger partial charge in [0.1, 0.15) is 0 Å². The summed E-state index contributed by atoms with van der Waals surface area (Å²) in [6.07, 6.45) is 0.872. The van der Waals surface area contributed by atoms with Crippen LogP contribution in [-0.4, -0.2) is 5.91 Å². The summed E-state index contributed by atoms with van der Waals surface area (Å²) in [6.45, 7) is 7.99. The second-order valence-electron chi connectivity index (χ2n) is 8.17. The number of carbonyl (C=O) groups excluding carboxylic acids is 1. The number of fused-ring (bicyclic) bond motifs is 6. The minimum atomic E-state index is -0.445. The molecule has 4 aromatic carbocycles. The maximum atomic E-state index is 12.8. The van der Waals surface area contributed by atoms with Gasteiger partial charge in [0.25, 0.3) is 0 Å². The second kappa shape index (κ2) is 6.38. The first kappa shape index (κ1) is 17.5. The van der Waals surface area contributed by atoms with E-state index in [0.717, 1.165) is 17.5 Å². The molecule has 0 aromatic heterocycles. The highest BCUT2D eigenvalue weighted by atomic mass is 16.2. The van der Waals surface area contributed by atoms with Crippen LogP contribution >= 0.6 is 0 Å². The summed E-state index contributed by atoms with van der Waals surface area (Å²) in [6, 6.07) is 21.4. The van der Waals surface area contributed by atoms with E-state index < -0.39 is 5.41 Å². The number of amides is 1. The van der Waals surface area contributed by atoms with Crippen molar-refractivity contribution in [2.24, 2.45) is 5.41 Å². The molecule has 0 unspecified atom stereocenters. The molecule has 0 saturated carbocycles. The Bertz CT molecular complexity index is 1150. The van der Waals surface area contributed by atoms with Gasteiger partial charge in [0.15, 0.2) is 0 Å². The standard InChI is InChI=1S/C25H25NO/c1-5-16-14-15-21-19-12-7-6-10-17(19)18-11-8-9-13-20(18)22(21)23(16)26-24(27)25(2,3)4/h6-15H,5H2,1-4H3,(H,26,27). The van der Waals surface area contributed by atoms with Crippen molar-refractivity contribution in [3.8, 4) is 0 Å². The minimum absolute atomic E-state index is 0.0435. The van der Waals surface area contributed by atoms with Gasteiger partial charge >= 0.3 is 0 Å². The Labute approximate surface area is 160 Å². The van der Waals surface area contributed by atoms with Crippen LogP contribution in [0.2, 0.25) is 0 Å². The maximum Gasteiger partial charge on any atom is 0.229 e. The van der Waals surface area contributed by atoms with E-state index in [2.05, 4.69) is 72.9 Å². The van der Waals surface area contributed by atoms with E-state index in [0.29, 0.717) is 0 Å². The fourth-order valence-electron chi connectivity index (χ4n) is 3.78. The quantitative estimate of drug-likeness (QED) is 0.399. The average Bonchev–Trinajstić information content (AvgIpc) is 2.67. The van der Waals surface area contributed by atoms with Gasteiger partial charge in [-0.25, -0.2) is 0 Å². The smallest absolute Gasteiger partial charge is 0.229 e. The molecule has 0 fully saturated rings. The lowest BCUT2D eigenvalue weighted by molar-refractivity contribution is -0.123. The summed E-state index contributed by atoms with van der Waals surface area (Å²) in [5, 5.41) is 10.5. The van der Waals surface area contributed by atoms with Gasteiger partial charge in [-0.2, -0.15) is 0 Å². The van der Waals surface area contributed by atoms with Crippen LogP contribution in [0.25, 0.3) is 32.3 Å². The van der Waals surface area contributed by atoms with Gasteiger partial charge in [-0.05, 0) is 38.9 Å². The van der Waals surface area contributed by atoms with Crippen LogP contribution in [0.15, 0.2) is 60.7 Å². The molecule has 1 amide bonds. The van der Waals surface area contributed by atoms with Crippen LogP contribution in [-0.2, 0) is 11.2 Å². The van der Waals surface area contributed by atoms with Crippen LogP contribution in [0.5, 0.6) is 0 Å². The van der Waals surface area contributed by atoms with E-state index in [1.165, 1.54) is 32.5 Å². The van der Waals surface area contributed by atoms with Gasteiger partial charge in [0.05, 0.1) is 5.69 Å². The third-order valence-corrected chi connectivity index (χ3v) is 5.30. The van der Waals surface area contributed by atoms with Crippen molar-refractivity contribution in [1.82, 2.24) is 0 Å². The number of hydrogen-bond donors (Lipinski definition) is 1. The van der Waals surface area contributed by atoms with Gasteiger partial charge in [0.2, 0.25) is 5.91 Å². The molecule has 1 N–H and O–H groups in total. The van der Waals surface area contributed by atoms with Crippen LogP contribution in [0.3, 0.4) is 0 Å². The van der Waals surface area contributed by atoms with Crippen LogP contribution in [0.1, 0.15) is 33.3 Å². The fourth-order valence-corrected chi connectivity index (χ4v) is 3.78. The number of hydrogen-bond acceptors (Lipinski definition) is 1. The van der Waals surface area contributed by atoms with Crippen molar-refractivity contribution in [3.05, 3.63) is 66.2 Å². The molecule has 0 heterocycles. The minimum Gasteiger partial charge on any atom is -0.325 e. The lowest BCUT2D eigenvalue weighted by atomic mass is 9.90. The summed E-state index contributed by atoms with van der Waals surface area (Å²) in [7, 11) is 0. The van der Waals surface area contributed by atoms with E-state index >= 15 is 0 Å². The molecule has 4 aromatic rings. The monoisotopic (exact) mass is 355 g/mol. The normalized spacial score (nSPS) is 12.0. The molecule has 0 bridgehead atoms. The molecule has 27 heavy (non-hydrogen) atoms. The van der Waals surface area contributed by atoms with Crippen molar-refractivity contribution in [1.29, 1.82) is 0 Å². The van der Waals surface area contributed by atoms with Crippen molar-refractivity contribution >= 4 is 43.9 Å². The van der Waals surface area contributed by atoms with E-state index in [9.17, 15) is 4.79 Å². The molecule has 0 saturated heterocycles. The first-order chi connectivity index (χ1) is 12.9. The van der Waals surface area contributed by atoms with Crippen molar-refractivity contribution in [3.63, 3.8) is 0 Å². The lowest BCUT2D eigenvalue weighted by Gasteiger charge is -2.22. The van der Waals surface area contributed by atoms with Crippen LogP contribution in [0.4, 0.5) is 5.69 Å². The highest BCUT2D eigenvalue weighted by Crippen LogP contribution is 2.40. The summed E-state index contributed by atoms with van der Waals surface area (Å²) in [5.74, 6) is 0.0435. The highest BCUT2D eigenvalue weighted by molar-refractivity contribution is 6.29. The lowest BCUT2D eigenvalue weighted by Crippen LogP contribution is -2.28. The van der Waals surface area contributed by atoms with E-state index in [1.54, 1.807) is 0 Å². The second-order valence-corrected chi connectivity index (χ2v) is 8.17. The third kappa shape index (κ3) is 2.86. The molecule has 0 aliphatic carbocycles. The maximum absolute atomic E-state index is 12.8. The Hall–Kier alpha value is -2.87. The molecule has 136 valence electrons. The molecule has 4 rings (SSSR count). The number of rotatable bonds is 2. The summed E-state index contributed by atoms with van der Waals surface area (Å²) >= 11 is 0. The zero-order valence-electron chi connectivity index (χ0n) is 16.4. The fraction of sp³-hybridized carbons (Fsp3) is 0.240. The molecule has 0 spiro atoms. The van der Waals surface area contributed by atoms with Crippen molar-refractivity contribution < 1.29 is 4.79 Å². The van der Waals surface area contributed by atoms with Crippen molar-refractivity contribution in [2.45, 2.75) is 34.1 Å². The molecule has 0 aliphatic rings. The van der Waals surface area contributed by atoms with Gasteiger partial charge in [-0.15, -0.1) is 0 Å². The summed E-state index contributed by atoms with van der Waals surface area (Å²) in [4.78, 5) is 12.8. The van der Waals surface area contributed by atoms with Gasteiger partial charge < -0.3 is 5.32 Å². The predicted molar refractivity (Wildman–Crippen MR) is 116 cm³/mol. The highest BCUT2D eigenvalue weighted by Gasteiger charge is 2.23. The Morgan fingerprint density at radius 1 is 0.778 bits per heavy atom. The zero-order valence-corrected chi connectivity index (χ0v) is 16.4. The number of nitrogens with one attached hydrogen (secondary N) is 1. The van der Waals surface area contributed by atoms with Gasteiger partial charge in [-0.3, -0.25) is 4.79 Å². The average molecular weight is 355 g/mol. The molecule has 2 heteroatoms. The SMILES string of the molecule is CCc1ccc2c3ccccc3c3ccccc3c2c1NC(=O)C(C)(C)C. The Balaban J connectivity index is 2.17. The molecule has 0 aliphatic heterocycles. The molecular formula is C25H25NO. The zero-order chi connectivity index (χ0) is 19.2. The van der Waals surface area contributed by atoms with E-state index in [4.69, 9.17) is 0 Å². The first-order valence-corrected chi connectivity index (χ1v) is 9.58. The topological polar surface area (TPSA) is 29.1 Å². The number of anilines is 1. The molecular weight excluding hydrogens is 330 g/mol. The van der Waals surface area contributed by atoms with Gasteiger partial charge in [0, 0.05) is 10.8 Å². The first-order valence-electron chi connectivity index (χ1n) is 9.58. The largest absolute Gasteiger partial charge is 0.325 e. The summed E-state index contributed by atoms with van der Waals surface area (Å²) in [5.41, 5.74) is 1.68. The number of aryl methyl sites for hydroxylation is 1.